The predicted molar refractivity (Wildman–Crippen MR) is 79.1 cm³/mol. The van der Waals surface area contributed by atoms with Gasteiger partial charge in [0.25, 0.3) is 0 Å². The Morgan fingerprint density at radius 1 is 1.21 bits per heavy atom. The highest BCUT2D eigenvalue weighted by atomic mass is 16.5. The van der Waals surface area contributed by atoms with Crippen LogP contribution in [0.15, 0.2) is 47.3 Å². The van der Waals surface area contributed by atoms with Crippen LogP contribution < -0.4 is 0 Å². The van der Waals surface area contributed by atoms with Crippen LogP contribution in [0.3, 0.4) is 0 Å². The Labute approximate surface area is 115 Å². The van der Waals surface area contributed by atoms with Crippen molar-refractivity contribution in [1.29, 1.82) is 0 Å². The minimum absolute atomic E-state index is 0.342. The number of hydrazone groups is 1. The Bertz CT molecular complexity index is 465. The molecule has 1 aromatic carbocycles. The highest BCUT2D eigenvalue weighted by Crippen LogP contribution is 2.41. The van der Waals surface area contributed by atoms with Gasteiger partial charge in [-0.25, -0.2) is 0 Å². The highest BCUT2D eigenvalue weighted by molar-refractivity contribution is 5.65. The second kappa shape index (κ2) is 5.91. The Hall–Kier alpha value is -1.77. The third-order valence-electron chi connectivity index (χ3n) is 3.67. The van der Waals surface area contributed by atoms with Gasteiger partial charge in [-0.3, -0.25) is 0 Å². The summed E-state index contributed by atoms with van der Waals surface area (Å²) in [6.45, 7) is 2.20. The van der Waals surface area contributed by atoms with Crippen LogP contribution in [0.1, 0.15) is 18.4 Å². The molecule has 3 nitrogen and oxygen atoms in total. The summed E-state index contributed by atoms with van der Waals surface area (Å²) < 4.78 is 5.50. The summed E-state index contributed by atoms with van der Waals surface area (Å²) in [5, 5.41) is 6.25. The molecule has 1 aliphatic carbocycles. The van der Waals surface area contributed by atoms with Crippen molar-refractivity contribution < 1.29 is 4.74 Å². The first-order valence-electron chi connectivity index (χ1n) is 6.65. The summed E-state index contributed by atoms with van der Waals surface area (Å²) in [6, 6.07) is 10.6. The van der Waals surface area contributed by atoms with Crippen molar-refractivity contribution in [3.05, 3.63) is 47.7 Å². The van der Waals surface area contributed by atoms with E-state index >= 15 is 0 Å². The molecule has 3 heteroatoms. The number of ether oxygens (including phenoxy) is 1. The average Bonchev–Trinajstić information content (AvgIpc) is 2.74. The molecule has 3 atom stereocenters. The van der Waals surface area contributed by atoms with Crippen LogP contribution in [-0.2, 0) is 4.74 Å². The second-order valence-corrected chi connectivity index (χ2v) is 5.19. The maximum Gasteiger partial charge on any atom is 0.0956 e. The fourth-order valence-corrected chi connectivity index (χ4v) is 2.62. The third-order valence-corrected chi connectivity index (χ3v) is 3.67. The Kier molecular flexibility index (Phi) is 4.25. The van der Waals surface area contributed by atoms with Gasteiger partial charge >= 0.3 is 0 Å². The maximum absolute atomic E-state index is 5.50. The smallest absolute Gasteiger partial charge is 0.0956 e. The Balaban J connectivity index is 2.29. The van der Waals surface area contributed by atoms with Crippen molar-refractivity contribution in [2.75, 3.05) is 21.2 Å². The van der Waals surface area contributed by atoms with Crippen LogP contribution in [0.2, 0.25) is 0 Å². The summed E-state index contributed by atoms with van der Waals surface area (Å²) in [5.41, 5.74) is 1.32. The zero-order chi connectivity index (χ0) is 13.8. The van der Waals surface area contributed by atoms with Gasteiger partial charge in [-0.2, -0.15) is 5.10 Å². The van der Waals surface area contributed by atoms with Crippen molar-refractivity contribution in [2.45, 2.75) is 12.8 Å². The van der Waals surface area contributed by atoms with Gasteiger partial charge in [0.05, 0.1) is 12.9 Å². The normalized spacial score (nSPS) is 26.5. The average molecular weight is 258 g/mol. The lowest BCUT2D eigenvalue weighted by atomic mass is 9.85. The van der Waals surface area contributed by atoms with E-state index in [1.807, 2.05) is 31.4 Å². The SMILES string of the molecule is COC1=C[C@@H](c2ccccc2)[C@H](/C=N/N(C)C)[C@H]1C. The lowest BCUT2D eigenvalue weighted by Gasteiger charge is -2.20. The van der Waals surface area contributed by atoms with Gasteiger partial charge in [0.1, 0.15) is 0 Å². The van der Waals surface area contributed by atoms with E-state index in [2.05, 4.69) is 42.4 Å². The van der Waals surface area contributed by atoms with Gasteiger partial charge in [-0.1, -0.05) is 37.3 Å². The first-order valence-corrected chi connectivity index (χ1v) is 6.65. The topological polar surface area (TPSA) is 24.8 Å². The van der Waals surface area contributed by atoms with E-state index < -0.39 is 0 Å². The molecule has 2 rings (SSSR count). The van der Waals surface area contributed by atoms with E-state index in [9.17, 15) is 0 Å². The molecule has 0 heterocycles. The molecule has 0 radical (unpaired) electrons. The summed E-state index contributed by atoms with van der Waals surface area (Å²) >= 11 is 0. The molecule has 0 amide bonds. The highest BCUT2D eigenvalue weighted by Gasteiger charge is 2.35. The van der Waals surface area contributed by atoms with E-state index in [1.165, 1.54) is 5.56 Å². The lowest BCUT2D eigenvalue weighted by molar-refractivity contribution is 0.245. The van der Waals surface area contributed by atoms with E-state index in [4.69, 9.17) is 4.74 Å². The van der Waals surface area contributed by atoms with Gasteiger partial charge in [0, 0.05) is 38.1 Å². The molecule has 0 aliphatic heterocycles. The number of hydrogen-bond acceptors (Lipinski definition) is 3. The molecule has 0 spiro atoms. The third kappa shape index (κ3) is 2.98. The van der Waals surface area contributed by atoms with Crippen molar-refractivity contribution in [1.82, 2.24) is 5.01 Å². The molecule has 0 saturated heterocycles. The molecule has 1 aromatic rings. The van der Waals surface area contributed by atoms with Crippen LogP contribution in [0.4, 0.5) is 0 Å². The van der Waals surface area contributed by atoms with Gasteiger partial charge < -0.3 is 9.75 Å². The van der Waals surface area contributed by atoms with Crippen LogP contribution in [0.25, 0.3) is 0 Å². The fourth-order valence-electron chi connectivity index (χ4n) is 2.62. The van der Waals surface area contributed by atoms with Crippen molar-refractivity contribution >= 4 is 6.21 Å². The monoisotopic (exact) mass is 258 g/mol. The van der Waals surface area contributed by atoms with Crippen LogP contribution in [-0.4, -0.2) is 32.4 Å². The number of hydrogen-bond donors (Lipinski definition) is 0. The fraction of sp³-hybridized carbons (Fsp3) is 0.438. The van der Waals surface area contributed by atoms with Gasteiger partial charge in [-0.05, 0) is 11.6 Å². The van der Waals surface area contributed by atoms with Crippen molar-refractivity contribution in [3.8, 4) is 0 Å². The molecule has 0 saturated carbocycles. The summed E-state index contributed by atoms with van der Waals surface area (Å²) in [7, 11) is 5.63. The van der Waals surface area contributed by atoms with Crippen LogP contribution in [0.5, 0.6) is 0 Å². The van der Waals surface area contributed by atoms with Crippen LogP contribution in [0, 0.1) is 11.8 Å². The summed E-state index contributed by atoms with van der Waals surface area (Å²) in [4.78, 5) is 0. The van der Waals surface area contributed by atoms with E-state index in [0.717, 1.165) is 5.76 Å². The van der Waals surface area contributed by atoms with Gasteiger partial charge in [0.15, 0.2) is 0 Å². The minimum atomic E-state index is 0.342. The number of benzene rings is 1. The second-order valence-electron chi connectivity index (χ2n) is 5.19. The molecule has 0 N–H and O–H groups in total. The number of nitrogens with zero attached hydrogens (tertiary/aromatic N) is 2. The number of rotatable bonds is 4. The molecular weight excluding hydrogens is 236 g/mol. The molecule has 0 fully saturated rings. The van der Waals surface area contributed by atoms with Crippen molar-refractivity contribution in [2.24, 2.45) is 16.9 Å². The molecule has 102 valence electrons. The van der Waals surface area contributed by atoms with E-state index in [1.54, 1.807) is 7.11 Å². The maximum atomic E-state index is 5.50. The zero-order valence-corrected chi connectivity index (χ0v) is 12.1. The minimum Gasteiger partial charge on any atom is -0.501 e. The van der Waals surface area contributed by atoms with E-state index in [-0.39, 0.29) is 0 Å². The summed E-state index contributed by atoms with van der Waals surface area (Å²) in [6.07, 6.45) is 4.28. The molecular formula is C16H22N2O. The molecule has 0 unspecified atom stereocenters. The Morgan fingerprint density at radius 3 is 2.47 bits per heavy atom. The first kappa shape index (κ1) is 13.7. The van der Waals surface area contributed by atoms with Gasteiger partial charge in [0.2, 0.25) is 0 Å². The van der Waals surface area contributed by atoms with Crippen molar-refractivity contribution in [3.63, 3.8) is 0 Å². The molecule has 1 aliphatic rings. The lowest BCUT2D eigenvalue weighted by Crippen LogP contribution is -2.18. The molecule has 0 bridgehead atoms. The first-order chi connectivity index (χ1) is 9.13. The molecule has 19 heavy (non-hydrogen) atoms. The molecule has 0 aromatic heterocycles. The predicted octanol–water partition coefficient (Wildman–Crippen LogP) is 3.11. The van der Waals surface area contributed by atoms with Crippen LogP contribution >= 0.6 is 0 Å². The largest absolute Gasteiger partial charge is 0.501 e. The quantitative estimate of drug-likeness (QED) is 0.612. The number of allylic oxidation sites excluding steroid dienone is 2. The zero-order valence-electron chi connectivity index (χ0n) is 12.1. The summed E-state index contributed by atoms with van der Waals surface area (Å²) in [5.74, 6) is 2.11. The number of methoxy groups -OCH3 is 1. The standard InChI is InChI=1S/C16H22N2O/c1-12-15(11-17-18(2)3)14(10-16(12)19-4)13-8-6-5-7-9-13/h5-12,14-15H,1-4H3/b17-11+/t12-,14+,15-/m1/s1. The van der Waals surface area contributed by atoms with Gasteiger partial charge in [-0.15, -0.1) is 0 Å². The Morgan fingerprint density at radius 2 is 1.89 bits per heavy atom. The van der Waals surface area contributed by atoms with E-state index in [0.29, 0.717) is 17.8 Å².